The van der Waals surface area contributed by atoms with E-state index in [0.717, 1.165) is 35.4 Å². The average molecular weight is 399 g/mol. The number of carbonyl (C=O) groups excluding carboxylic acids is 1. The molecule has 1 N–H and O–H groups in total. The second-order valence-electron chi connectivity index (χ2n) is 7.46. The van der Waals surface area contributed by atoms with Crippen molar-refractivity contribution < 1.29 is 9.21 Å². The molecule has 0 saturated carbocycles. The molecule has 30 heavy (non-hydrogen) atoms. The molecular formula is C23H21N5O2. The smallest absolute Gasteiger partial charge is 0.302 e. The molecule has 0 spiro atoms. The zero-order valence-electron chi connectivity index (χ0n) is 16.6. The summed E-state index contributed by atoms with van der Waals surface area (Å²) in [5.74, 6) is 0.378. The normalized spacial score (nSPS) is 15.6. The molecule has 0 saturated heterocycles. The van der Waals surface area contributed by atoms with Gasteiger partial charge in [-0.2, -0.15) is 4.98 Å². The van der Waals surface area contributed by atoms with Crippen LogP contribution in [0.3, 0.4) is 0 Å². The molecule has 1 unspecified atom stereocenters. The van der Waals surface area contributed by atoms with Crippen molar-refractivity contribution in [3.8, 4) is 22.6 Å². The van der Waals surface area contributed by atoms with Crippen LogP contribution in [-0.2, 0) is 24.7 Å². The van der Waals surface area contributed by atoms with E-state index in [9.17, 15) is 4.79 Å². The maximum Gasteiger partial charge on any atom is 0.302 e. The number of nitrogens with zero attached hydrogens (tertiary/aromatic N) is 4. The van der Waals surface area contributed by atoms with E-state index in [0.29, 0.717) is 17.9 Å². The Morgan fingerprint density at radius 2 is 1.77 bits per heavy atom. The number of carbonyl (C=O) groups is 1. The van der Waals surface area contributed by atoms with Crippen molar-refractivity contribution in [3.63, 3.8) is 0 Å². The van der Waals surface area contributed by atoms with Crippen molar-refractivity contribution >= 4 is 11.9 Å². The maximum atomic E-state index is 12.9. The standard InChI is InChI=1S/C23H21N5O2/c1-28-19-14-17(12-13-18(19)26-27-28)22(29)25-23-24-20(15-8-4-2-5-9-15)21(30-23)16-10-6-3-7-11-16/h2-11,17H,12-14H2,1H3,(H,24,25,29). The monoisotopic (exact) mass is 399 g/mol. The largest absolute Gasteiger partial charge is 0.423 e. The molecular weight excluding hydrogens is 378 g/mol. The number of nitrogens with one attached hydrogen (secondary N) is 1. The summed E-state index contributed by atoms with van der Waals surface area (Å²) in [6, 6.07) is 19.8. The third-order valence-corrected chi connectivity index (χ3v) is 5.50. The lowest BCUT2D eigenvalue weighted by Crippen LogP contribution is -2.29. The molecule has 150 valence electrons. The predicted molar refractivity (Wildman–Crippen MR) is 113 cm³/mol. The van der Waals surface area contributed by atoms with E-state index < -0.39 is 0 Å². The van der Waals surface area contributed by atoms with Gasteiger partial charge in [-0.05, 0) is 12.8 Å². The van der Waals surface area contributed by atoms with Gasteiger partial charge < -0.3 is 4.42 Å². The van der Waals surface area contributed by atoms with Crippen LogP contribution < -0.4 is 5.32 Å². The van der Waals surface area contributed by atoms with E-state index in [4.69, 9.17) is 4.42 Å². The summed E-state index contributed by atoms with van der Waals surface area (Å²) in [7, 11) is 1.86. The molecule has 5 rings (SSSR count). The van der Waals surface area contributed by atoms with Crippen molar-refractivity contribution in [1.29, 1.82) is 0 Å². The summed E-state index contributed by atoms with van der Waals surface area (Å²) in [4.78, 5) is 17.6. The minimum absolute atomic E-state index is 0.0951. The molecule has 0 aliphatic heterocycles. The van der Waals surface area contributed by atoms with Gasteiger partial charge in [0, 0.05) is 30.5 Å². The number of oxazole rings is 1. The molecule has 1 aliphatic rings. The van der Waals surface area contributed by atoms with Gasteiger partial charge in [0.2, 0.25) is 5.91 Å². The number of fused-ring (bicyclic) bond motifs is 1. The lowest BCUT2D eigenvalue weighted by molar-refractivity contribution is -0.120. The third-order valence-electron chi connectivity index (χ3n) is 5.50. The number of rotatable bonds is 4. The van der Waals surface area contributed by atoms with Gasteiger partial charge in [-0.15, -0.1) is 5.10 Å². The first-order chi connectivity index (χ1) is 14.7. The molecule has 2 aromatic heterocycles. The van der Waals surface area contributed by atoms with Crippen LogP contribution in [0.4, 0.5) is 6.01 Å². The Balaban J connectivity index is 1.43. The van der Waals surface area contributed by atoms with Gasteiger partial charge in [-0.1, -0.05) is 65.9 Å². The summed E-state index contributed by atoms with van der Waals surface area (Å²) >= 11 is 0. The Morgan fingerprint density at radius 3 is 2.50 bits per heavy atom. The van der Waals surface area contributed by atoms with Gasteiger partial charge in [0.25, 0.3) is 0 Å². The van der Waals surface area contributed by atoms with Crippen molar-refractivity contribution in [2.24, 2.45) is 13.0 Å². The van der Waals surface area contributed by atoms with Crippen LogP contribution in [0.5, 0.6) is 0 Å². The van der Waals surface area contributed by atoms with E-state index in [2.05, 4.69) is 20.6 Å². The highest BCUT2D eigenvalue weighted by molar-refractivity contribution is 5.92. The Bertz CT molecular complexity index is 1120. The maximum absolute atomic E-state index is 12.9. The predicted octanol–water partition coefficient (Wildman–Crippen LogP) is 3.88. The van der Waals surface area contributed by atoms with E-state index in [1.54, 1.807) is 4.68 Å². The number of aromatic nitrogens is 4. The number of anilines is 1. The summed E-state index contributed by atoms with van der Waals surface area (Å²) in [5.41, 5.74) is 4.55. The van der Waals surface area contributed by atoms with E-state index >= 15 is 0 Å². The minimum atomic E-state index is -0.165. The Labute approximate surface area is 173 Å². The molecule has 0 bridgehead atoms. The van der Waals surface area contributed by atoms with Gasteiger partial charge in [0.05, 0.1) is 11.4 Å². The molecule has 1 aliphatic carbocycles. The topological polar surface area (TPSA) is 85.8 Å². The first-order valence-electron chi connectivity index (χ1n) is 9.99. The van der Waals surface area contributed by atoms with Crippen LogP contribution in [-0.4, -0.2) is 25.9 Å². The van der Waals surface area contributed by atoms with E-state index in [-0.39, 0.29) is 17.8 Å². The second-order valence-corrected chi connectivity index (χ2v) is 7.46. The molecule has 7 heteroatoms. The fraction of sp³-hybridized carbons (Fsp3) is 0.217. The highest BCUT2D eigenvalue weighted by atomic mass is 16.4. The summed E-state index contributed by atoms with van der Waals surface area (Å²) in [6.45, 7) is 0. The van der Waals surface area contributed by atoms with Crippen LogP contribution >= 0.6 is 0 Å². The molecule has 4 aromatic rings. The van der Waals surface area contributed by atoms with Gasteiger partial charge >= 0.3 is 6.01 Å². The molecule has 1 amide bonds. The first-order valence-corrected chi connectivity index (χ1v) is 9.99. The first kappa shape index (κ1) is 18.3. The Morgan fingerprint density at radius 1 is 1.07 bits per heavy atom. The zero-order chi connectivity index (χ0) is 20.5. The third kappa shape index (κ3) is 3.39. The lowest BCUT2D eigenvalue weighted by atomic mass is 9.89. The van der Waals surface area contributed by atoms with Gasteiger partial charge in [0.15, 0.2) is 5.76 Å². The second kappa shape index (κ2) is 7.59. The number of hydrogen-bond acceptors (Lipinski definition) is 5. The van der Waals surface area contributed by atoms with Crippen LogP contribution in [0.25, 0.3) is 22.6 Å². The number of aryl methyl sites for hydroxylation is 2. The van der Waals surface area contributed by atoms with Crippen molar-refractivity contribution in [2.75, 3.05) is 5.32 Å². The van der Waals surface area contributed by atoms with Gasteiger partial charge in [-0.25, -0.2) is 0 Å². The minimum Gasteiger partial charge on any atom is -0.423 e. The van der Waals surface area contributed by atoms with Crippen LogP contribution in [0, 0.1) is 5.92 Å². The zero-order valence-corrected chi connectivity index (χ0v) is 16.6. The molecule has 2 heterocycles. The van der Waals surface area contributed by atoms with E-state index in [1.807, 2.05) is 67.7 Å². The SMILES string of the molecule is Cn1nnc2c1CC(C(=O)Nc1nc(-c3ccccc3)c(-c3ccccc3)o1)CC2. The Hall–Kier alpha value is -3.74. The fourth-order valence-corrected chi connectivity index (χ4v) is 3.89. The van der Waals surface area contributed by atoms with E-state index in [1.165, 1.54) is 0 Å². The highest BCUT2D eigenvalue weighted by Crippen LogP contribution is 2.34. The fourth-order valence-electron chi connectivity index (χ4n) is 3.89. The molecule has 1 atom stereocenters. The van der Waals surface area contributed by atoms with Crippen molar-refractivity contribution in [1.82, 2.24) is 20.0 Å². The van der Waals surface area contributed by atoms with Crippen LogP contribution in [0.2, 0.25) is 0 Å². The number of amides is 1. The average Bonchev–Trinajstić information content (AvgIpc) is 3.38. The summed E-state index contributed by atoms with van der Waals surface area (Å²) in [6.07, 6.45) is 2.09. The van der Waals surface area contributed by atoms with Gasteiger partial charge in [0.1, 0.15) is 5.69 Å². The van der Waals surface area contributed by atoms with Crippen molar-refractivity contribution in [3.05, 3.63) is 72.1 Å². The molecule has 2 aromatic carbocycles. The van der Waals surface area contributed by atoms with Crippen LogP contribution in [0.1, 0.15) is 17.8 Å². The number of benzene rings is 2. The van der Waals surface area contributed by atoms with Crippen molar-refractivity contribution in [2.45, 2.75) is 19.3 Å². The highest BCUT2D eigenvalue weighted by Gasteiger charge is 2.29. The Kier molecular flexibility index (Phi) is 4.63. The number of hydrogen-bond donors (Lipinski definition) is 1. The molecule has 7 nitrogen and oxygen atoms in total. The molecule has 0 radical (unpaired) electrons. The van der Waals surface area contributed by atoms with Gasteiger partial charge in [-0.3, -0.25) is 14.8 Å². The molecule has 0 fully saturated rings. The lowest BCUT2D eigenvalue weighted by Gasteiger charge is -2.20. The summed E-state index contributed by atoms with van der Waals surface area (Å²) in [5, 5.41) is 11.1. The quantitative estimate of drug-likeness (QED) is 0.563. The van der Waals surface area contributed by atoms with Crippen LogP contribution in [0.15, 0.2) is 65.1 Å². The summed E-state index contributed by atoms with van der Waals surface area (Å²) < 4.78 is 7.77.